The monoisotopic (exact) mass is 365 g/mol. The van der Waals surface area contributed by atoms with Crippen LogP contribution < -0.4 is 14.8 Å². The van der Waals surface area contributed by atoms with E-state index < -0.39 is 0 Å². The number of rotatable bonds is 3. The maximum Gasteiger partial charge on any atom is 0.231 e. The van der Waals surface area contributed by atoms with Gasteiger partial charge >= 0.3 is 0 Å². The molecule has 0 radical (unpaired) electrons. The molecule has 3 heterocycles. The molecule has 27 heavy (non-hydrogen) atoms. The van der Waals surface area contributed by atoms with E-state index in [1.165, 1.54) is 12.1 Å². The van der Waals surface area contributed by atoms with Gasteiger partial charge in [-0.05, 0) is 35.4 Å². The van der Waals surface area contributed by atoms with E-state index in [4.69, 9.17) is 9.47 Å². The van der Waals surface area contributed by atoms with Crippen LogP contribution in [0.25, 0.3) is 0 Å². The second-order valence-corrected chi connectivity index (χ2v) is 6.65. The van der Waals surface area contributed by atoms with Crippen molar-refractivity contribution in [1.29, 1.82) is 0 Å². The number of ether oxygens (including phenoxy) is 2. The van der Waals surface area contributed by atoms with Crippen molar-refractivity contribution in [3.8, 4) is 11.5 Å². The molecular weight excluding hydrogens is 349 g/mol. The fraction of sp³-hybridized carbons (Fsp3) is 0.200. The smallest absolute Gasteiger partial charge is 0.231 e. The number of carbonyl (C=O) groups is 1. The summed E-state index contributed by atoms with van der Waals surface area (Å²) in [7, 11) is 0. The van der Waals surface area contributed by atoms with E-state index in [-0.39, 0.29) is 30.9 Å². The highest BCUT2D eigenvalue weighted by atomic mass is 19.1. The van der Waals surface area contributed by atoms with Crippen LogP contribution in [0.1, 0.15) is 29.0 Å². The summed E-state index contributed by atoms with van der Waals surface area (Å²) in [5, 5.41) is 7.36. The third-order valence-electron chi connectivity index (χ3n) is 4.91. The van der Waals surface area contributed by atoms with Crippen molar-refractivity contribution in [2.75, 3.05) is 12.1 Å². The molecule has 5 rings (SSSR count). The zero-order valence-corrected chi connectivity index (χ0v) is 14.3. The molecule has 1 amide bonds. The third kappa shape index (κ3) is 2.81. The van der Waals surface area contributed by atoms with Crippen LogP contribution in [0.15, 0.2) is 48.7 Å². The third-order valence-corrected chi connectivity index (χ3v) is 4.91. The number of nitrogens with zero attached hydrogens (tertiary/aromatic N) is 2. The van der Waals surface area contributed by atoms with Crippen LogP contribution in [0.2, 0.25) is 0 Å². The van der Waals surface area contributed by atoms with Gasteiger partial charge in [0.1, 0.15) is 11.6 Å². The molecule has 2 aliphatic rings. The summed E-state index contributed by atoms with van der Waals surface area (Å²) < 4.78 is 26.2. The molecule has 2 aliphatic heterocycles. The largest absolute Gasteiger partial charge is 0.454 e. The number of amides is 1. The maximum atomic E-state index is 13.7. The van der Waals surface area contributed by atoms with Crippen molar-refractivity contribution >= 4 is 11.7 Å². The number of halogens is 1. The molecule has 0 aliphatic carbocycles. The van der Waals surface area contributed by atoms with Gasteiger partial charge in [-0.3, -0.25) is 4.79 Å². The molecule has 1 atom stereocenters. The number of aromatic nitrogens is 2. The van der Waals surface area contributed by atoms with Gasteiger partial charge in [0.15, 0.2) is 11.5 Å². The molecular formula is C20H16FN3O3. The summed E-state index contributed by atoms with van der Waals surface area (Å²) in [6, 6.07) is 12.1. The van der Waals surface area contributed by atoms with E-state index in [2.05, 4.69) is 10.4 Å². The van der Waals surface area contributed by atoms with Crippen LogP contribution in [0, 0.1) is 5.82 Å². The number of nitrogens with one attached hydrogen (secondary N) is 1. The normalized spacial score (nSPS) is 17.5. The summed E-state index contributed by atoms with van der Waals surface area (Å²) in [5.74, 6) is 1.45. The zero-order chi connectivity index (χ0) is 18.4. The molecule has 0 fully saturated rings. The lowest BCUT2D eigenvalue weighted by molar-refractivity contribution is -0.116. The standard InChI is InChI=1S/C20H16FN3O3/c21-14-3-1-2-13(7-14)15-8-19(25)23-20-16(15)9-22-24(20)10-12-4-5-17-18(6-12)27-11-26-17/h1-7,9,15H,8,10-11H2,(H,23,25)/t15-/m1/s1. The molecule has 1 N–H and O–H groups in total. The van der Waals surface area contributed by atoms with E-state index in [1.54, 1.807) is 16.9 Å². The van der Waals surface area contributed by atoms with Gasteiger partial charge < -0.3 is 14.8 Å². The van der Waals surface area contributed by atoms with Gasteiger partial charge in [-0.2, -0.15) is 5.10 Å². The Labute approximate surface area is 154 Å². The van der Waals surface area contributed by atoms with Gasteiger partial charge in [-0.1, -0.05) is 18.2 Å². The molecule has 6 nitrogen and oxygen atoms in total. The first-order valence-corrected chi connectivity index (χ1v) is 8.67. The summed E-state index contributed by atoms with van der Waals surface area (Å²) in [6.45, 7) is 0.698. The second kappa shape index (κ2) is 6.12. The van der Waals surface area contributed by atoms with Gasteiger partial charge in [-0.25, -0.2) is 9.07 Å². The summed E-state index contributed by atoms with van der Waals surface area (Å²) in [6.07, 6.45) is 2.02. The molecule has 7 heteroatoms. The first-order chi connectivity index (χ1) is 13.2. The van der Waals surface area contributed by atoms with Crippen LogP contribution in [0.3, 0.4) is 0 Å². The Morgan fingerprint density at radius 1 is 1.19 bits per heavy atom. The van der Waals surface area contributed by atoms with Crippen molar-refractivity contribution in [3.05, 3.63) is 71.2 Å². The predicted octanol–water partition coefficient (Wildman–Crippen LogP) is 3.27. The Balaban J connectivity index is 1.49. The lowest BCUT2D eigenvalue weighted by Crippen LogP contribution is -2.25. The first kappa shape index (κ1) is 15.9. The highest BCUT2D eigenvalue weighted by Crippen LogP contribution is 2.38. The fourth-order valence-electron chi connectivity index (χ4n) is 3.62. The number of hydrogen-bond acceptors (Lipinski definition) is 4. The van der Waals surface area contributed by atoms with Gasteiger partial charge in [-0.15, -0.1) is 0 Å². The number of benzene rings is 2. The molecule has 0 saturated carbocycles. The van der Waals surface area contributed by atoms with Crippen molar-refractivity contribution in [3.63, 3.8) is 0 Å². The number of hydrogen-bond donors (Lipinski definition) is 1. The SMILES string of the molecule is O=C1C[C@H](c2cccc(F)c2)c2cnn(Cc3ccc4c(c3)OCO4)c2N1. The number of anilines is 1. The Kier molecular flexibility index (Phi) is 3.60. The fourth-order valence-corrected chi connectivity index (χ4v) is 3.62. The van der Waals surface area contributed by atoms with Gasteiger partial charge in [0.05, 0.1) is 12.7 Å². The van der Waals surface area contributed by atoms with Crippen molar-refractivity contribution in [2.45, 2.75) is 18.9 Å². The van der Waals surface area contributed by atoms with Crippen molar-refractivity contribution < 1.29 is 18.7 Å². The maximum absolute atomic E-state index is 13.7. The Bertz CT molecular complexity index is 1050. The van der Waals surface area contributed by atoms with Crippen LogP contribution in [-0.2, 0) is 11.3 Å². The average molecular weight is 365 g/mol. The molecule has 0 unspecified atom stereocenters. The van der Waals surface area contributed by atoms with Crippen molar-refractivity contribution in [1.82, 2.24) is 9.78 Å². The quantitative estimate of drug-likeness (QED) is 0.774. The molecule has 0 bridgehead atoms. The van der Waals surface area contributed by atoms with Gasteiger partial charge in [0.2, 0.25) is 12.7 Å². The molecule has 136 valence electrons. The summed E-state index contributed by atoms with van der Waals surface area (Å²) in [4.78, 5) is 12.3. The van der Waals surface area contributed by atoms with E-state index in [0.29, 0.717) is 18.1 Å². The number of carbonyl (C=O) groups excluding carboxylic acids is 1. The van der Waals surface area contributed by atoms with Gasteiger partial charge in [0.25, 0.3) is 0 Å². The highest BCUT2D eigenvalue weighted by Gasteiger charge is 2.30. The minimum atomic E-state index is -0.312. The highest BCUT2D eigenvalue weighted by molar-refractivity contribution is 5.94. The molecule has 2 aromatic carbocycles. The molecule has 1 aromatic heterocycles. The molecule has 3 aromatic rings. The van der Waals surface area contributed by atoms with E-state index in [1.807, 2.05) is 24.3 Å². The van der Waals surface area contributed by atoms with Crippen LogP contribution >= 0.6 is 0 Å². The van der Waals surface area contributed by atoms with Crippen LogP contribution in [0.5, 0.6) is 11.5 Å². The average Bonchev–Trinajstić information content (AvgIpc) is 3.28. The molecule has 0 saturated heterocycles. The van der Waals surface area contributed by atoms with Gasteiger partial charge in [0, 0.05) is 17.9 Å². The van der Waals surface area contributed by atoms with Crippen LogP contribution in [-0.4, -0.2) is 22.5 Å². The van der Waals surface area contributed by atoms with Crippen LogP contribution in [0.4, 0.5) is 10.2 Å². The molecule has 0 spiro atoms. The Morgan fingerprint density at radius 3 is 2.96 bits per heavy atom. The lowest BCUT2D eigenvalue weighted by Gasteiger charge is -2.24. The Morgan fingerprint density at radius 2 is 2.07 bits per heavy atom. The summed E-state index contributed by atoms with van der Waals surface area (Å²) in [5.41, 5.74) is 2.64. The summed E-state index contributed by atoms with van der Waals surface area (Å²) >= 11 is 0. The van der Waals surface area contributed by atoms with E-state index in [9.17, 15) is 9.18 Å². The Hall–Kier alpha value is -3.35. The topological polar surface area (TPSA) is 65.4 Å². The predicted molar refractivity (Wildman–Crippen MR) is 95.4 cm³/mol. The number of fused-ring (bicyclic) bond motifs is 2. The van der Waals surface area contributed by atoms with E-state index in [0.717, 1.165) is 22.4 Å². The van der Waals surface area contributed by atoms with Crippen molar-refractivity contribution in [2.24, 2.45) is 0 Å². The minimum absolute atomic E-state index is 0.107. The minimum Gasteiger partial charge on any atom is -0.454 e. The lowest BCUT2D eigenvalue weighted by atomic mass is 9.87. The second-order valence-electron chi connectivity index (χ2n) is 6.65. The first-order valence-electron chi connectivity index (χ1n) is 8.67. The zero-order valence-electron chi connectivity index (χ0n) is 14.3. The van der Waals surface area contributed by atoms with E-state index >= 15 is 0 Å².